The van der Waals surface area contributed by atoms with Crippen molar-refractivity contribution < 1.29 is 9.53 Å². The number of hydrogen-bond acceptors (Lipinski definition) is 2. The SMILES string of the molecule is C=CC(C)COC=O. The van der Waals surface area contributed by atoms with E-state index >= 15 is 0 Å². The maximum absolute atomic E-state index is 9.57. The van der Waals surface area contributed by atoms with Gasteiger partial charge in [0, 0.05) is 5.92 Å². The van der Waals surface area contributed by atoms with E-state index in [2.05, 4.69) is 11.3 Å². The summed E-state index contributed by atoms with van der Waals surface area (Å²) in [6.45, 7) is 6.33. The fourth-order valence-corrected chi connectivity index (χ4v) is 0.259. The first kappa shape index (κ1) is 7.21. The van der Waals surface area contributed by atoms with Crippen LogP contribution < -0.4 is 0 Å². The minimum absolute atomic E-state index is 0.264. The molecule has 0 rings (SSSR count). The van der Waals surface area contributed by atoms with Gasteiger partial charge in [0.25, 0.3) is 6.47 Å². The molecule has 0 saturated heterocycles. The molecule has 0 heterocycles. The summed E-state index contributed by atoms with van der Waals surface area (Å²) in [6, 6.07) is 0. The molecular weight excluding hydrogens is 104 g/mol. The lowest BCUT2D eigenvalue weighted by molar-refractivity contribution is -0.129. The minimum Gasteiger partial charge on any atom is -0.467 e. The summed E-state index contributed by atoms with van der Waals surface area (Å²) >= 11 is 0. The Balaban J connectivity index is 3.09. The zero-order valence-corrected chi connectivity index (χ0v) is 4.96. The average molecular weight is 114 g/mol. The highest BCUT2D eigenvalue weighted by Gasteiger charge is 1.92. The Labute approximate surface area is 49.1 Å². The van der Waals surface area contributed by atoms with E-state index in [1.54, 1.807) is 6.08 Å². The number of carbonyl (C=O) groups excluding carboxylic acids is 1. The van der Waals surface area contributed by atoms with E-state index in [0.717, 1.165) is 0 Å². The predicted molar refractivity (Wildman–Crippen MR) is 31.4 cm³/mol. The molecule has 0 aromatic heterocycles. The molecule has 0 aliphatic rings. The third-order valence-electron chi connectivity index (χ3n) is 0.830. The molecule has 0 N–H and O–H groups in total. The third kappa shape index (κ3) is 3.40. The van der Waals surface area contributed by atoms with Crippen LogP contribution in [0.3, 0.4) is 0 Å². The summed E-state index contributed by atoms with van der Waals surface area (Å²) in [5.41, 5.74) is 0. The zero-order valence-electron chi connectivity index (χ0n) is 4.96. The molecular formula is C6H10O2. The molecule has 0 aliphatic heterocycles. The number of ether oxygens (including phenoxy) is 1. The van der Waals surface area contributed by atoms with E-state index in [1.165, 1.54) is 0 Å². The monoisotopic (exact) mass is 114 g/mol. The summed E-state index contributed by atoms with van der Waals surface area (Å²) in [4.78, 5) is 9.57. The van der Waals surface area contributed by atoms with E-state index in [-0.39, 0.29) is 5.92 Å². The van der Waals surface area contributed by atoms with Gasteiger partial charge in [-0.25, -0.2) is 0 Å². The molecule has 2 nitrogen and oxygen atoms in total. The second-order valence-electron chi connectivity index (χ2n) is 1.64. The molecule has 0 spiro atoms. The molecule has 0 amide bonds. The molecule has 1 unspecified atom stereocenters. The van der Waals surface area contributed by atoms with Crippen LogP contribution in [-0.2, 0) is 9.53 Å². The number of carbonyl (C=O) groups is 1. The van der Waals surface area contributed by atoms with Crippen molar-refractivity contribution in [2.24, 2.45) is 5.92 Å². The fraction of sp³-hybridized carbons (Fsp3) is 0.500. The maximum atomic E-state index is 9.57. The molecule has 1 atom stereocenters. The largest absolute Gasteiger partial charge is 0.467 e. The van der Waals surface area contributed by atoms with Gasteiger partial charge in [0.15, 0.2) is 0 Å². The van der Waals surface area contributed by atoms with Crippen molar-refractivity contribution in [2.45, 2.75) is 6.92 Å². The van der Waals surface area contributed by atoms with Gasteiger partial charge in [0.1, 0.15) is 0 Å². The Morgan fingerprint density at radius 1 is 1.88 bits per heavy atom. The van der Waals surface area contributed by atoms with Gasteiger partial charge in [0.05, 0.1) is 6.61 Å². The van der Waals surface area contributed by atoms with E-state index in [4.69, 9.17) is 0 Å². The van der Waals surface area contributed by atoms with Crippen LogP contribution in [0.4, 0.5) is 0 Å². The molecule has 2 heteroatoms. The topological polar surface area (TPSA) is 26.3 Å². The Bertz CT molecular complexity index is 78.6. The van der Waals surface area contributed by atoms with E-state index in [0.29, 0.717) is 13.1 Å². The van der Waals surface area contributed by atoms with Gasteiger partial charge in [0.2, 0.25) is 0 Å². The predicted octanol–water partition coefficient (Wildman–Crippen LogP) is 0.982. The first-order valence-corrected chi connectivity index (χ1v) is 2.49. The van der Waals surface area contributed by atoms with Crippen LogP contribution in [0, 0.1) is 5.92 Å². The van der Waals surface area contributed by atoms with Crippen molar-refractivity contribution in [1.82, 2.24) is 0 Å². The summed E-state index contributed by atoms with van der Waals surface area (Å²) in [5.74, 6) is 0.264. The van der Waals surface area contributed by atoms with Gasteiger partial charge in [-0.2, -0.15) is 0 Å². The summed E-state index contributed by atoms with van der Waals surface area (Å²) in [6.07, 6.45) is 1.74. The van der Waals surface area contributed by atoms with E-state index in [9.17, 15) is 4.79 Å². The van der Waals surface area contributed by atoms with E-state index < -0.39 is 0 Å². The normalized spacial score (nSPS) is 12.1. The standard InChI is InChI=1S/C6H10O2/c1-3-6(2)4-8-5-7/h3,5-6H,1,4H2,2H3. The quantitative estimate of drug-likeness (QED) is 0.402. The molecule has 0 aromatic carbocycles. The summed E-state index contributed by atoms with van der Waals surface area (Å²) in [5, 5.41) is 0. The van der Waals surface area contributed by atoms with E-state index in [1.807, 2.05) is 6.92 Å². The van der Waals surface area contributed by atoms with Gasteiger partial charge in [-0.3, -0.25) is 4.79 Å². The summed E-state index contributed by atoms with van der Waals surface area (Å²) < 4.78 is 4.43. The first-order valence-electron chi connectivity index (χ1n) is 2.49. The average Bonchev–Trinajstić information content (AvgIpc) is 1.83. The highest BCUT2D eigenvalue weighted by atomic mass is 16.5. The summed E-state index contributed by atoms with van der Waals surface area (Å²) in [7, 11) is 0. The Morgan fingerprint density at radius 2 is 2.50 bits per heavy atom. The van der Waals surface area contributed by atoms with Crippen molar-refractivity contribution in [3.8, 4) is 0 Å². The molecule has 0 radical (unpaired) electrons. The smallest absolute Gasteiger partial charge is 0.293 e. The number of rotatable bonds is 4. The second kappa shape index (κ2) is 4.37. The van der Waals surface area contributed by atoms with Crippen LogP contribution >= 0.6 is 0 Å². The lowest BCUT2D eigenvalue weighted by Crippen LogP contribution is -2.00. The highest BCUT2D eigenvalue weighted by Crippen LogP contribution is 1.93. The van der Waals surface area contributed by atoms with Crippen molar-refractivity contribution in [1.29, 1.82) is 0 Å². The Morgan fingerprint density at radius 3 is 2.88 bits per heavy atom. The minimum atomic E-state index is 0.264. The van der Waals surface area contributed by atoms with Crippen molar-refractivity contribution in [3.63, 3.8) is 0 Å². The molecule has 0 bridgehead atoms. The second-order valence-corrected chi connectivity index (χ2v) is 1.64. The van der Waals surface area contributed by atoms with Crippen molar-refractivity contribution >= 4 is 6.47 Å². The zero-order chi connectivity index (χ0) is 6.41. The Kier molecular flexibility index (Phi) is 3.94. The molecule has 0 aliphatic carbocycles. The third-order valence-corrected chi connectivity index (χ3v) is 0.830. The molecule has 0 aromatic rings. The molecule has 0 fully saturated rings. The van der Waals surface area contributed by atoms with Crippen molar-refractivity contribution in [2.75, 3.05) is 6.61 Å². The first-order chi connectivity index (χ1) is 3.81. The maximum Gasteiger partial charge on any atom is 0.293 e. The van der Waals surface area contributed by atoms with Gasteiger partial charge >= 0.3 is 0 Å². The number of hydrogen-bond donors (Lipinski definition) is 0. The van der Waals surface area contributed by atoms with Crippen LogP contribution in [0.15, 0.2) is 12.7 Å². The lowest BCUT2D eigenvalue weighted by atomic mass is 10.2. The molecule has 8 heavy (non-hydrogen) atoms. The van der Waals surface area contributed by atoms with Crippen LogP contribution in [-0.4, -0.2) is 13.1 Å². The molecule has 0 saturated carbocycles. The van der Waals surface area contributed by atoms with Crippen LogP contribution in [0.1, 0.15) is 6.92 Å². The van der Waals surface area contributed by atoms with Gasteiger partial charge < -0.3 is 4.74 Å². The lowest BCUT2D eigenvalue weighted by Gasteiger charge is -2.00. The fourth-order valence-electron chi connectivity index (χ4n) is 0.259. The molecule has 46 valence electrons. The van der Waals surface area contributed by atoms with Crippen LogP contribution in [0.2, 0.25) is 0 Å². The van der Waals surface area contributed by atoms with Crippen LogP contribution in [0.5, 0.6) is 0 Å². The van der Waals surface area contributed by atoms with Gasteiger partial charge in [-0.1, -0.05) is 13.0 Å². The van der Waals surface area contributed by atoms with Gasteiger partial charge in [-0.05, 0) is 0 Å². The van der Waals surface area contributed by atoms with Gasteiger partial charge in [-0.15, -0.1) is 6.58 Å². The Hall–Kier alpha value is -0.790. The highest BCUT2D eigenvalue weighted by molar-refractivity contribution is 5.36. The van der Waals surface area contributed by atoms with Crippen LogP contribution in [0.25, 0.3) is 0 Å². The van der Waals surface area contributed by atoms with Crippen molar-refractivity contribution in [3.05, 3.63) is 12.7 Å².